The van der Waals surface area contributed by atoms with Crippen molar-refractivity contribution in [3.8, 4) is 5.75 Å². The third-order valence-corrected chi connectivity index (χ3v) is 9.61. The van der Waals surface area contributed by atoms with Gasteiger partial charge < -0.3 is 19.7 Å². The fourth-order valence-corrected chi connectivity index (χ4v) is 6.48. The van der Waals surface area contributed by atoms with E-state index >= 15 is 0 Å². The Labute approximate surface area is 290 Å². The predicted octanol–water partition coefficient (Wildman–Crippen LogP) is 4.75. The van der Waals surface area contributed by atoms with Gasteiger partial charge in [-0.1, -0.05) is 54.1 Å². The van der Waals surface area contributed by atoms with E-state index in [0.29, 0.717) is 31.3 Å². The van der Waals surface area contributed by atoms with Crippen molar-refractivity contribution >= 4 is 39.1 Å². The first-order chi connectivity index (χ1) is 23.7. The Morgan fingerprint density at radius 3 is 2.24 bits per heavy atom. The summed E-state index contributed by atoms with van der Waals surface area (Å²) in [5.41, 5.74) is 1.88. The van der Waals surface area contributed by atoms with E-state index in [1.54, 1.807) is 24.3 Å². The van der Waals surface area contributed by atoms with Crippen LogP contribution in [0.3, 0.4) is 0 Å². The summed E-state index contributed by atoms with van der Waals surface area (Å²) in [6.45, 7) is 3.68. The van der Waals surface area contributed by atoms with Gasteiger partial charge in [0, 0.05) is 49.9 Å². The highest BCUT2D eigenvalue weighted by Gasteiger charge is 2.31. The summed E-state index contributed by atoms with van der Waals surface area (Å²) in [4.78, 5) is 31.5. The lowest BCUT2D eigenvalue weighted by molar-refractivity contribution is -0.142. The van der Waals surface area contributed by atoms with Gasteiger partial charge in [0.1, 0.15) is 17.6 Å². The topological polar surface area (TPSA) is 117 Å². The second-order valence-electron chi connectivity index (χ2n) is 11.5. The number of hydrogen-bond donors (Lipinski definition) is 2. The molecule has 0 aromatic heterocycles. The van der Waals surface area contributed by atoms with Gasteiger partial charge in [-0.05, 0) is 71.8 Å². The van der Waals surface area contributed by atoms with Crippen LogP contribution in [-0.4, -0.2) is 82.1 Å². The Kier molecular flexibility index (Phi) is 12.6. The van der Waals surface area contributed by atoms with Gasteiger partial charge in [0.05, 0.1) is 18.1 Å². The minimum absolute atomic E-state index is 0.0449. The number of hydrogen-bond acceptors (Lipinski definition) is 7. The van der Waals surface area contributed by atoms with Crippen LogP contribution < -0.4 is 14.8 Å². The predicted molar refractivity (Wildman–Crippen MR) is 185 cm³/mol. The minimum Gasteiger partial charge on any atom is -0.484 e. The van der Waals surface area contributed by atoms with Gasteiger partial charge in [0.15, 0.2) is 6.61 Å². The van der Waals surface area contributed by atoms with E-state index in [1.807, 2.05) is 30.3 Å². The van der Waals surface area contributed by atoms with Gasteiger partial charge in [0.25, 0.3) is 15.9 Å². The van der Waals surface area contributed by atoms with Crippen LogP contribution in [0.25, 0.3) is 0 Å². The maximum absolute atomic E-state index is 13.9. The number of nitrogens with one attached hydrogen (secondary N) is 2. The van der Waals surface area contributed by atoms with E-state index in [1.165, 1.54) is 41.3 Å². The quantitative estimate of drug-likeness (QED) is 0.183. The lowest BCUT2D eigenvalue weighted by Gasteiger charge is -2.32. The molecule has 258 valence electrons. The summed E-state index contributed by atoms with van der Waals surface area (Å²) in [5, 5.41) is 3.58. The van der Waals surface area contributed by atoms with E-state index in [4.69, 9.17) is 21.1 Å². The van der Waals surface area contributed by atoms with Gasteiger partial charge in [-0.15, -0.1) is 0 Å². The summed E-state index contributed by atoms with van der Waals surface area (Å²) in [7, 11) is -3.96. The third kappa shape index (κ3) is 10.8. The molecule has 1 aliphatic heterocycles. The number of ether oxygens (including phenoxy) is 2. The maximum atomic E-state index is 13.9. The van der Waals surface area contributed by atoms with Crippen LogP contribution in [0.4, 0.5) is 10.1 Å². The van der Waals surface area contributed by atoms with Gasteiger partial charge in [0.2, 0.25) is 5.91 Å². The number of carbonyl (C=O) groups excluding carboxylic acids is 2. The number of rotatable bonds is 15. The average Bonchev–Trinajstić information content (AvgIpc) is 3.11. The average molecular weight is 709 g/mol. The van der Waals surface area contributed by atoms with Crippen LogP contribution in [-0.2, 0) is 37.3 Å². The van der Waals surface area contributed by atoms with E-state index in [2.05, 4.69) is 14.9 Å². The molecular formula is C36H38ClFN4O6S. The van der Waals surface area contributed by atoms with Crippen molar-refractivity contribution in [3.05, 3.63) is 125 Å². The zero-order chi connectivity index (χ0) is 34.6. The second-order valence-corrected chi connectivity index (χ2v) is 13.6. The third-order valence-electron chi connectivity index (χ3n) is 7.96. The van der Waals surface area contributed by atoms with Crippen LogP contribution in [0.2, 0.25) is 5.02 Å². The molecule has 1 atom stereocenters. The molecule has 10 nitrogen and oxygen atoms in total. The normalized spacial score (nSPS) is 14.1. The highest BCUT2D eigenvalue weighted by molar-refractivity contribution is 7.92. The first-order valence-electron chi connectivity index (χ1n) is 15.8. The molecule has 1 unspecified atom stereocenters. The Morgan fingerprint density at radius 1 is 0.898 bits per heavy atom. The van der Waals surface area contributed by atoms with Gasteiger partial charge in [-0.2, -0.15) is 0 Å². The highest BCUT2D eigenvalue weighted by atomic mass is 35.5. The monoisotopic (exact) mass is 708 g/mol. The molecule has 1 fully saturated rings. The van der Waals surface area contributed by atoms with Crippen molar-refractivity contribution in [3.63, 3.8) is 0 Å². The molecule has 4 aromatic carbocycles. The highest BCUT2D eigenvalue weighted by Crippen LogP contribution is 2.21. The smallest absolute Gasteiger partial charge is 0.261 e. The van der Waals surface area contributed by atoms with Crippen LogP contribution in [0.5, 0.6) is 5.75 Å². The Balaban J connectivity index is 1.31. The largest absolute Gasteiger partial charge is 0.484 e. The number of anilines is 1. The number of nitrogens with zero attached hydrogens (tertiary/aromatic N) is 2. The Bertz CT molecular complexity index is 1770. The number of amides is 2. The number of carbonyl (C=O) groups is 2. The molecular weight excluding hydrogens is 671 g/mol. The van der Waals surface area contributed by atoms with Crippen molar-refractivity contribution in [2.24, 2.45) is 0 Å². The fraction of sp³-hybridized carbons (Fsp3) is 0.278. The van der Waals surface area contributed by atoms with Crippen LogP contribution in [0.1, 0.15) is 11.1 Å². The molecule has 5 rings (SSSR count). The molecule has 2 N–H and O–H groups in total. The summed E-state index contributed by atoms with van der Waals surface area (Å²) in [6.07, 6.45) is 0.275. The van der Waals surface area contributed by atoms with E-state index < -0.39 is 34.4 Å². The molecule has 0 spiro atoms. The molecule has 0 aliphatic carbocycles. The molecule has 0 radical (unpaired) electrons. The van der Waals surface area contributed by atoms with Crippen molar-refractivity contribution in [1.29, 1.82) is 0 Å². The summed E-state index contributed by atoms with van der Waals surface area (Å²) < 4.78 is 52.6. The molecule has 1 aliphatic rings. The molecule has 1 heterocycles. The zero-order valence-electron chi connectivity index (χ0n) is 26.8. The summed E-state index contributed by atoms with van der Waals surface area (Å²) >= 11 is 6.12. The summed E-state index contributed by atoms with van der Waals surface area (Å²) in [6, 6.07) is 26.2. The van der Waals surface area contributed by atoms with Crippen molar-refractivity contribution in [1.82, 2.24) is 15.1 Å². The molecule has 0 saturated carbocycles. The van der Waals surface area contributed by atoms with Crippen LogP contribution in [0.15, 0.2) is 108 Å². The first-order valence-corrected chi connectivity index (χ1v) is 17.7. The van der Waals surface area contributed by atoms with Crippen molar-refractivity contribution in [2.45, 2.75) is 23.9 Å². The standard InChI is InChI=1S/C36H38ClFN4O6S/c37-29-8-6-28(7-9-29)25-42(34(24-27-4-2-1-3-5-27)36(44)39-18-19-41-20-22-47-23-21-41)35(43)26-48-32-14-16-33(17-15-32)49(45,46)40-31-12-10-30(38)11-13-31/h1-17,34,40H,18-26H2,(H,39,44). The van der Waals surface area contributed by atoms with E-state index in [-0.39, 0.29) is 35.2 Å². The SMILES string of the molecule is O=C(NCCN1CCOCC1)C(Cc1ccccc1)N(Cc1ccc(Cl)cc1)C(=O)COc1ccc(S(=O)(=O)Nc2ccc(F)cc2)cc1. The Hall–Kier alpha value is -4.49. The number of sulfonamides is 1. The molecule has 0 bridgehead atoms. The van der Waals surface area contributed by atoms with Crippen LogP contribution >= 0.6 is 11.6 Å². The second kappa shape index (κ2) is 17.3. The number of benzene rings is 4. The fourth-order valence-electron chi connectivity index (χ4n) is 5.30. The van der Waals surface area contributed by atoms with Gasteiger partial charge >= 0.3 is 0 Å². The lowest BCUT2D eigenvalue weighted by atomic mass is 10.0. The molecule has 13 heteroatoms. The van der Waals surface area contributed by atoms with Crippen molar-refractivity contribution in [2.75, 3.05) is 50.7 Å². The zero-order valence-corrected chi connectivity index (χ0v) is 28.3. The van der Waals surface area contributed by atoms with Crippen molar-refractivity contribution < 1.29 is 31.9 Å². The van der Waals surface area contributed by atoms with Crippen LogP contribution in [0, 0.1) is 5.82 Å². The molecule has 2 amide bonds. The Morgan fingerprint density at radius 2 is 1.57 bits per heavy atom. The first kappa shape index (κ1) is 35.8. The molecule has 49 heavy (non-hydrogen) atoms. The van der Waals surface area contributed by atoms with Gasteiger partial charge in [-0.25, -0.2) is 12.8 Å². The minimum atomic E-state index is -3.96. The maximum Gasteiger partial charge on any atom is 0.261 e. The number of halogens is 2. The van der Waals surface area contributed by atoms with Gasteiger partial charge in [-0.3, -0.25) is 19.2 Å². The lowest BCUT2D eigenvalue weighted by Crippen LogP contribution is -2.52. The number of morpholine rings is 1. The molecule has 4 aromatic rings. The van der Waals surface area contributed by atoms with E-state index in [0.717, 1.165) is 36.3 Å². The molecule has 1 saturated heterocycles. The van der Waals surface area contributed by atoms with E-state index in [9.17, 15) is 22.4 Å². The summed E-state index contributed by atoms with van der Waals surface area (Å²) in [5.74, 6) is -0.951.